The minimum atomic E-state index is -4.01. The van der Waals surface area contributed by atoms with Gasteiger partial charge in [-0.1, -0.05) is 29.8 Å². The van der Waals surface area contributed by atoms with Gasteiger partial charge >= 0.3 is 22.1 Å². The highest BCUT2D eigenvalue weighted by Crippen LogP contribution is 2.28. The van der Waals surface area contributed by atoms with E-state index in [0.717, 1.165) is 5.56 Å². The molecule has 0 aliphatic heterocycles. The second-order valence-electron chi connectivity index (χ2n) is 8.59. The smallest absolute Gasteiger partial charge is 0.339 e. The first-order valence-corrected chi connectivity index (χ1v) is 12.0. The summed E-state index contributed by atoms with van der Waals surface area (Å²) in [6, 6.07) is 11.2. The maximum atomic E-state index is 12.5. The van der Waals surface area contributed by atoms with Gasteiger partial charge in [-0.25, -0.2) is 0 Å². The van der Waals surface area contributed by atoms with E-state index in [1.165, 1.54) is 24.3 Å². The zero-order valence-electron chi connectivity index (χ0n) is 19.5. The summed E-state index contributed by atoms with van der Waals surface area (Å²) < 4.78 is 40.6. The minimum absolute atomic E-state index is 0.0318. The summed E-state index contributed by atoms with van der Waals surface area (Å²) in [5.74, 6) is -1.82. The lowest BCUT2D eigenvalue weighted by Crippen LogP contribution is -2.42. The maximum absolute atomic E-state index is 12.5. The van der Waals surface area contributed by atoms with Gasteiger partial charge in [0, 0.05) is 5.92 Å². The first-order chi connectivity index (χ1) is 15.3. The molecule has 0 amide bonds. The van der Waals surface area contributed by atoms with E-state index in [1.807, 2.05) is 6.92 Å². The fourth-order valence-corrected chi connectivity index (χ4v) is 3.97. The molecule has 0 spiro atoms. The topological polar surface area (TPSA) is 122 Å². The molecule has 0 radical (unpaired) electrons. The van der Waals surface area contributed by atoms with Crippen LogP contribution in [0.5, 0.6) is 5.75 Å². The predicted molar refractivity (Wildman–Crippen MR) is 123 cm³/mol. The lowest BCUT2D eigenvalue weighted by Gasteiger charge is -2.27. The molecule has 0 heterocycles. The van der Waals surface area contributed by atoms with Crippen LogP contribution in [0.1, 0.15) is 51.2 Å². The Hall–Kier alpha value is -2.91. The monoisotopic (exact) mass is 477 g/mol. The average Bonchev–Trinajstić information content (AvgIpc) is 2.71. The van der Waals surface area contributed by atoms with Crippen molar-refractivity contribution >= 4 is 22.1 Å². The van der Waals surface area contributed by atoms with Crippen LogP contribution in [0, 0.1) is 6.92 Å². The van der Waals surface area contributed by atoms with Gasteiger partial charge in [0.05, 0.1) is 13.0 Å². The SMILES string of the molecule is CCOC(=O)CC(c1ccc(OS(=O)(=O)c2ccc(C)cc2)cc1)C(N)C(=O)OC(C)(C)C. The lowest BCUT2D eigenvalue weighted by atomic mass is 9.88. The summed E-state index contributed by atoms with van der Waals surface area (Å²) in [7, 11) is -4.01. The van der Waals surface area contributed by atoms with Crippen LogP contribution < -0.4 is 9.92 Å². The average molecular weight is 478 g/mol. The van der Waals surface area contributed by atoms with Crippen molar-refractivity contribution in [2.75, 3.05) is 6.61 Å². The van der Waals surface area contributed by atoms with E-state index in [1.54, 1.807) is 52.0 Å². The normalized spacial score (nSPS) is 13.6. The first kappa shape index (κ1) is 26.3. The van der Waals surface area contributed by atoms with Gasteiger partial charge in [0.15, 0.2) is 0 Å². The molecule has 2 atom stereocenters. The molecule has 0 aliphatic rings. The van der Waals surface area contributed by atoms with Gasteiger partial charge < -0.3 is 19.4 Å². The summed E-state index contributed by atoms with van der Waals surface area (Å²) in [6.07, 6.45) is -0.143. The quantitative estimate of drug-likeness (QED) is 0.430. The van der Waals surface area contributed by atoms with Gasteiger partial charge in [-0.05, 0) is 64.4 Å². The molecule has 0 fully saturated rings. The van der Waals surface area contributed by atoms with Crippen molar-refractivity contribution in [3.05, 3.63) is 59.7 Å². The number of esters is 2. The highest BCUT2D eigenvalue weighted by Gasteiger charge is 2.32. The van der Waals surface area contributed by atoms with E-state index < -0.39 is 39.6 Å². The van der Waals surface area contributed by atoms with E-state index in [0.29, 0.717) is 5.56 Å². The number of carbonyl (C=O) groups is 2. The highest BCUT2D eigenvalue weighted by atomic mass is 32.2. The van der Waals surface area contributed by atoms with Crippen molar-refractivity contribution in [1.82, 2.24) is 0 Å². The molecule has 33 heavy (non-hydrogen) atoms. The van der Waals surface area contributed by atoms with E-state index in [4.69, 9.17) is 19.4 Å². The standard InChI is InChI=1S/C24H31NO7S/c1-6-30-21(26)15-20(22(25)23(27)31-24(3,4)5)17-9-11-18(12-10-17)32-33(28,29)19-13-7-16(2)8-14-19/h7-14,20,22H,6,15,25H2,1-5H3. The molecule has 2 N–H and O–H groups in total. The van der Waals surface area contributed by atoms with Crippen LogP contribution in [-0.2, 0) is 29.2 Å². The third-order valence-electron chi connectivity index (χ3n) is 4.63. The molecule has 0 bridgehead atoms. The molecule has 2 rings (SSSR count). The fraction of sp³-hybridized carbons (Fsp3) is 0.417. The number of ether oxygens (including phenoxy) is 2. The fourth-order valence-electron chi connectivity index (χ4n) is 3.04. The van der Waals surface area contributed by atoms with Gasteiger partial charge in [0.1, 0.15) is 22.3 Å². The van der Waals surface area contributed by atoms with Crippen LogP contribution >= 0.6 is 0 Å². The van der Waals surface area contributed by atoms with Gasteiger partial charge in [-0.15, -0.1) is 0 Å². The molecule has 2 aromatic carbocycles. The van der Waals surface area contributed by atoms with Crippen molar-refractivity contribution in [2.24, 2.45) is 5.73 Å². The highest BCUT2D eigenvalue weighted by molar-refractivity contribution is 7.87. The molecule has 2 unspecified atom stereocenters. The summed E-state index contributed by atoms with van der Waals surface area (Å²) in [5, 5.41) is 0. The Morgan fingerprint density at radius 3 is 2.09 bits per heavy atom. The number of benzene rings is 2. The molecule has 0 saturated carbocycles. The zero-order chi connectivity index (χ0) is 24.8. The number of hydrogen-bond acceptors (Lipinski definition) is 8. The number of hydrogen-bond donors (Lipinski definition) is 1. The summed E-state index contributed by atoms with van der Waals surface area (Å²) in [5.41, 5.74) is 6.89. The minimum Gasteiger partial charge on any atom is -0.466 e. The first-order valence-electron chi connectivity index (χ1n) is 10.6. The van der Waals surface area contributed by atoms with E-state index >= 15 is 0 Å². The van der Waals surface area contributed by atoms with E-state index in [-0.39, 0.29) is 23.7 Å². The molecule has 180 valence electrons. The van der Waals surface area contributed by atoms with Crippen LogP contribution in [0.15, 0.2) is 53.4 Å². The summed E-state index contributed by atoms with van der Waals surface area (Å²) >= 11 is 0. The van der Waals surface area contributed by atoms with Crippen LogP contribution in [0.2, 0.25) is 0 Å². The van der Waals surface area contributed by atoms with E-state index in [2.05, 4.69) is 0 Å². The van der Waals surface area contributed by atoms with Gasteiger partial charge in [-0.3, -0.25) is 9.59 Å². The predicted octanol–water partition coefficient (Wildman–Crippen LogP) is 3.47. The number of carbonyl (C=O) groups excluding carboxylic acids is 2. The second kappa shape index (κ2) is 10.8. The van der Waals surface area contributed by atoms with Gasteiger partial charge in [0.2, 0.25) is 0 Å². The summed E-state index contributed by atoms with van der Waals surface area (Å²) in [4.78, 5) is 24.7. The number of nitrogens with two attached hydrogens (primary N) is 1. The number of rotatable bonds is 9. The Morgan fingerprint density at radius 1 is 1.00 bits per heavy atom. The Balaban J connectivity index is 2.26. The van der Waals surface area contributed by atoms with Crippen molar-refractivity contribution in [3.63, 3.8) is 0 Å². The lowest BCUT2D eigenvalue weighted by molar-refractivity contribution is -0.157. The molecular weight excluding hydrogens is 446 g/mol. The van der Waals surface area contributed by atoms with Crippen molar-refractivity contribution < 1.29 is 31.7 Å². The van der Waals surface area contributed by atoms with Crippen LogP contribution in [-0.4, -0.2) is 38.6 Å². The molecule has 0 aromatic heterocycles. The van der Waals surface area contributed by atoms with Crippen molar-refractivity contribution in [2.45, 2.75) is 63.5 Å². The number of aryl methyl sites for hydroxylation is 1. The third kappa shape index (κ3) is 7.87. The Morgan fingerprint density at radius 2 is 1.58 bits per heavy atom. The Labute approximate surface area is 195 Å². The maximum Gasteiger partial charge on any atom is 0.339 e. The molecule has 0 saturated heterocycles. The van der Waals surface area contributed by atoms with Gasteiger partial charge in [-0.2, -0.15) is 8.42 Å². The second-order valence-corrected chi connectivity index (χ2v) is 10.1. The molecular formula is C24H31NO7S. The Kier molecular flexibility index (Phi) is 8.63. The van der Waals surface area contributed by atoms with Gasteiger partial charge in [0.25, 0.3) is 0 Å². The van der Waals surface area contributed by atoms with Crippen molar-refractivity contribution in [3.8, 4) is 5.75 Å². The third-order valence-corrected chi connectivity index (χ3v) is 5.89. The molecule has 2 aromatic rings. The zero-order valence-corrected chi connectivity index (χ0v) is 20.3. The summed E-state index contributed by atoms with van der Waals surface area (Å²) in [6.45, 7) is 8.89. The van der Waals surface area contributed by atoms with Crippen molar-refractivity contribution in [1.29, 1.82) is 0 Å². The van der Waals surface area contributed by atoms with E-state index in [9.17, 15) is 18.0 Å². The Bertz CT molecular complexity index is 1060. The molecule has 0 aliphatic carbocycles. The largest absolute Gasteiger partial charge is 0.466 e. The van der Waals surface area contributed by atoms with Crippen LogP contribution in [0.4, 0.5) is 0 Å². The molecule has 8 nitrogen and oxygen atoms in total. The molecule has 9 heteroatoms. The van der Waals surface area contributed by atoms with Crippen LogP contribution in [0.3, 0.4) is 0 Å². The van der Waals surface area contributed by atoms with Crippen LogP contribution in [0.25, 0.3) is 0 Å².